The fourth-order valence-corrected chi connectivity index (χ4v) is 5.40. The zero-order valence-corrected chi connectivity index (χ0v) is 18.7. The SMILES string of the molecule is COC(=O)c1ccccc1S(=O)(=O)N1CCOc2c(O)cc(-c3cccc(Cl)c3)cc2C1. The van der Waals surface area contributed by atoms with Crippen LogP contribution in [0.4, 0.5) is 0 Å². The Morgan fingerprint density at radius 1 is 1.09 bits per heavy atom. The highest BCUT2D eigenvalue weighted by Gasteiger charge is 2.32. The Hall–Kier alpha value is -3.07. The molecule has 0 radical (unpaired) electrons. The number of sulfonamides is 1. The standard InChI is InChI=1S/C23H20ClNO6S/c1-30-23(27)19-7-2-3-8-21(19)32(28,29)25-9-10-31-22-17(14-25)11-16(13-20(22)26)15-5-4-6-18(24)12-15/h2-8,11-13,26H,9-10,14H2,1H3. The van der Waals surface area contributed by atoms with Gasteiger partial charge in [-0.2, -0.15) is 4.31 Å². The number of ether oxygens (including phenoxy) is 2. The molecule has 32 heavy (non-hydrogen) atoms. The van der Waals surface area contributed by atoms with E-state index in [9.17, 15) is 18.3 Å². The Bertz CT molecular complexity index is 1290. The zero-order valence-electron chi connectivity index (χ0n) is 17.1. The number of rotatable bonds is 4. The molecule has 1 aliphatic rings. The van der Waals surface area contributed by atoms with E-state index in [1.807, 2.05) is 6.07 Å². The lowest BCUT2D eigenvalue weighted by Crippen LogP contribution is -2.33. The molecule has 0 aliphatic carbocycles. The summed E-state index contributed by atoms with van der Waals surface area (Å²) in [6.45, 7) is 0.0320. The molecule has 0 atom stereocenters. The smallest absolute Gasteiger partial charge is 0.339 e. The average Bonchev–Trinajstić information content (AvgIpc) is 3.02. The molecule has 1 heterocycles. The van der Waals surface area contributed by atoms with Crippen molar-refractivity contribution in [1.29, 1.82) is 0 Å². The second kappa shape index (κ2) is 8.82. The maximum atomic E-state index is 13.5. The lowest BCUT2D eigenvalue weighted by Gasteiger charge is -2.21. The van der Waals surface area contributed by atoms with Crippen LogP contribution in [0, 0.1) is 0 Å². The minimum Gasteiger partial charge on any atom is -0.504 e. The molecular weight excluding hydrogens is 454 g/mol. The number of methoxy groups -OCH3 is 1. The summed E-state index contributed by atoms with van der Waals surface area (Å²) < 4.78 is 38.6. The van der Waals surface area contributed by atoms with Gasteiger partial charge in [-0.15, -0.1) is 0 Å². The van der Waals surface area contributed by atoms with E-state index in [0.29, 0.717) is 16.1 Å². The lowest BCUT2D eigenvalue weighted by atomic mass is 10.0. The van der Waals surface area contributed by atoms with Gasteiger partial charge >= 0.3 is 5.97 Å². The average molecular weight is 474 g/mol. The molecule has 7 nitrogen and oxygen atoms in total. The quantitative estimate of drug-likeness (QED) is 0.574. The second-order valence-corrected chi connectivity index (χ2v) is 9.51. The summed E-state index contributed by atoms with van der Waals surface area (Å²) in [6.07, 6.45) is 0. The van der Waals surface area contributed by atoms with Crippen LogP contribution in [0.3, 0.4) is 0 Å². The van der Waals surface area contributed by atoms with Gasteiger partial charge in [-0.3, -0.25) is 0 Å². The minimum atomic E-state index is -4.06. The van der Waals surface area contributed by atoms with Crippen LogP contribution in [-0.4, -0.2) is 44.1 Å². The van der Waals surface area contributed by atoms with Gasteiger partial charge in [-0.25, -0.2) is 13.2 Å². The van der Waals surface area contributed by atoms with Crippen molar-refractivity contribution < 1.29 is 27.8 Å². The molecule has 0 unspecified atom stereocenters. The first-order chi connectivity index (χ1) is 15.3. The molecule has 0 fully saturated rings. The van der Waals surface area contributed by atoms with E-state index in [-0.39, 0.29) is 41.7 Å². The molecule has 0 aromatic heterocycles. The van der Waals surface area contributed by atoms with Gasteiger partial charge in [0.25, 0.3) is 0 Å². The molecule has 3 aromatic carbocycles. The first-order valence-corrected chi connectivity index (χ1v) is 11.5. The number of nitrogens with zero attached hydrogens (tertiary/aromatic N) is 1. The van der Waals surface area contributed by atoms with Crippen molar-refractivity contribution in [3.63, 3.8) is 0 Å². The fraction of sp³-hybridized carbons (Fsp3) is 0.174. The van der Waals surface area contributed by atoms with Gasteiger partial charge in [0.1, 0.15) is 6.61 Å². The maximum absolute atomic E-state index is 13.5. The predicted molar refractivity (Wildman–Crippen MR) is 119 cm³/mol. The molecule has 1 N–H and O–H groups in total. The number of phenolic OH excluding ortho intramolecular Hbond substituents is 1. The van der Waals surface area contributed by atoms with E-state index in [0.717, 1.165) is 5.56 Å². The van der Waals surface area contributed by atoms with E-state index in [2.05, 4.69) is 0 Å². The molecule has 1 aliphatic heterocycles. The maximum Gasteiger partial charge on any atom is 0.339 e. The molecule has 166 valence electrons. The number of carbonyl (C=O) groups excluding carboxylic acids is 1. The number of fused-ring (bicyclic) bond motifs is 1. The van der Waals surface area contributed by atoms with Gasteiger partial charge in [-0.1, -0.05) is 35.9 Å². The monoisotopic (exact) mass is 473 g/mol. The number of esters is 1. The molecule has 3 aromatic rings. The first-order valence-electron chi connectivity index (χ1n) is 9.73. The van der Waals surface area contributed by atoms with Crippen LogP contribution >= 0.6 is 11.6 Å². The van der Waals surface area contributed by atoms with Gasteiger partial charge in [-0.05, 0) is 47.5 Å². The molecule has 0 bridgehead atoms. The van der Waals surface area contributed by atoms with Crippen LogP contribution in [0.2, 0.25) is 5.02 Å². The van der Waals surface area contributed by atoms with Gasteiger partial charge < -0.3 is 14.6 Å². The Kier molecular flexibility index (Phi) is 6.10. The fourth-order valence-electron chi connectivity index (χ4n) is 3.62. The summed E-state index contributed by atoms with van der Waals surface area (Å²) in [5.74, 6) is -0.599. The molecule has 4 rings (SSSR count). The highest BCUT2D eigenvalue weighted by atomic mass is 35.5. The number of carbonyl (C=O) groups is 1. The van der Waals surface area contributed by atoms with Crippen molar-refractivity contribution in [2.45, 2.75) is 11.4 Å². The Morgan fingerprint density at radius 2 is 1.88 bits per heavy atom. The van der Waals surface area contributed by atoms with Gasteiger partial charge in [0.05, 0.1) is 17.6 Å². The first kappa shape index (κ1) is 22.1. The largest absolute Gasteiger partial charge is 0.504 e. The molecule has 0 spiro atoms. The van der Waals surface area contributed by atoms with Crippen LogP contribution in [0.25, 0.3) is 11.1 Å². The van der Waals surface area contributed by atoms with Gasteiger partial charge in [0.15, 0.2) is 11.5 Å². The number of halogens is 1. The predicted octanol–water partition coefficient (Wildman–Crippen LogP) is 4.08. The van der Waals surface area contributed by atoms with E-state index >= 15 is 0 Å². The van der Waals surface area contributed by atoms with Crippen molar-refractivity contribution in [1.82, 2.24) is 4.31 Å². The molecule has 0 amide bonds. The normalized spacial score (nSPS) is 14.2. The van der Waals surface area contributed by atoms with Crippen molar-refractivity contribution in [3.8, 4) is 22.6 Å². The third-order valence-electron chi connectivity index (χ3n) is 5.15. The summed E-state index contributed by atoms with van der Waals surface area (Å²) in [5, 5.41) is 11.1. The van der Waals surface area contributed by atoms with Crippen LogP contribution in [-0.2, 0) is 21.3 Å². The van der Waals surface area contributed by atoms with Gasteiger partial charge in [0.2, 0.25) is 10.0 Å². The lowest BCUT2D eigenvalue weighted by molar-refractivity contribution is 0.0596. The highest BCUT2D eigenvalue weighted by Crippen LogP contribution is 2.39. The molecule has 0 saturated carbocycles. The van der Waals surface area contributed by atoms with Crippen LogP contribution < -0.4 is 4.74 Å². The van der Waals surface area contributed by atoms with Crippen molar-refractivity contribution in [2.24, 2.45) is 0 Å². The molecule has 0 saturated heterocycles. The molecular formula is C23H20ClNO6S. The third-order valence-corrected chi connectivity index (χ3v) is 7.29. The third kappa shape index (κ3) is 4.17. The number of benzene rings is 3. The molecule has 9 heteroatoms. The Morgan fingerprint density at radius 3 is 2.62 bits per heavy atom. The van der Waals surface area contributed by atoms with E-state index < -0.39 is 16.0 Å². The van der Waals surface area contributed by atoms with E-state index in [1.54, 1.807) is 42.5 Å². The number of aromatic hydroxyl groups is 1. The summed E-state index contributed by atoms with van der Waals surface area (Å²) in [4.78, 5) is 12.0. The number of phenols is 1. The topological polar surface area (TPSA) is 93.1 Å². The summed E-state index contributed by atoms with van der Waals surface area (Å²) in [6, 6.07) is 16.3. The van der Waals surface area contributed by atoms with E-state index in [1.165, 1.54) is 23.5 Å². The summed E-state index contributed by atoms with van der Waals surface area (Å²) >= 11 is 6.09. The zero-order chi connectivity index (χ0) is 22.9. The number of hydrogen-bond donors (Lipinski definition) is 1. The summed E-state index contributed by atoms with van der Waals surface area (Å²) in [5.41, 5.74) is 1.89. The van der Waals surface area contributed by atoms with Crippen molar-refractivity contribution in [3.05, 3.63) is 76.8 Å². The summed E-state index contributed by atoms with van der Waals surface area (Å²) in [7, 11) is -2.86. The van der Waals surface area contributed by atoms with Gasteiger partial charge in [0, 0.05) is 23.7 Å². The van der Waals surface area contributed by atoms with E-state index in [4.69, 9.17) is 21.1 Å². The number of hydrogen-bond acceptors (Lipinski definition) is 6. The van der Waals surface area contributed by atoms with Crippen LogP contribution in [0.15, 0.2) is 65.6 Å². The Labute approximate surface area is 190 Å². The van der Waals surface area contributed by atoms with Crippen LogP contribution in [0.1, 0.15) is 15.9 Å². The minimum absolute atomic E-state index is 0.0384. The highest BCUT2D eigenvalue weighted by molar-refractivity contribution is 7.89. The Balaban J connectivity index is 1.76. The second-order valence-electron chi connectivity index (χ2n) is 7.17. The van der Waals surface area contributed by atoms with Crippen molar-refractivity contribution in [2.75, 3.05) is 20.3 Å². The van der Waals surface area contributed by atoms with Crippen molar-refractivity contribution >= 4 is 27.6 Å². The van der Waals surface area contributed by atoms with Crippen LogP contribution in [0.5, 0.6) is 11.5 Å².